The predicted octanol–water partition coefficient (Wildman–Crippen LogP) is 3.05. The molecule has 0 spiro atoms. The number of esters is 1. The molecule has 0 radical (unpaired) electrons. The number of carbonyl (C=O) groups excluding carboxylic acids is 2. The molecule has 2 atom stereocenters. The van der Waals surface area contributed by atoms with Crippen LogP contribution in [-0.4, -0.2) is 35.5 Å². The van der Waals surface area contributed by atoms with Crippen LogP contribution in [0.25, 0.3) is 11.0 Å². The van der Waals surface area contributed by atoms with Crippen LogP contribution in [-0.2, 0) is 9.53 Å². The van der Waals surface area contributed by atoms with Crippen LogP contribution in [0.3, 0.4) is 0 Å². The van der Waals surface area contributed by atoms with Crippen LogP contribution in [0, 0.1) is 6.92 Å². The van der Waals surface area contributed by atoms with Gasteiger partial charge in [-0.2, -0.15) is 0 Å². The zero-order valence-electron chi connectivity index (χ0n) is 15.3. The molecule has 0 saturated carbocycles. The number of benzene rings is 1. The van der Waals surface area contributed by atoms with Gasteiger partial charge in [0.05, 0.1) is 5.39 Å². The maximum absolute atomic E-state index is 12.4. The number of aryl methyl sites for hydroxylation is 1. The average Bonchev–Trinajstić information content (AvgIpc) is 2.60. The fraction of sp³-hybridized carbons (Fsp3) is 0.450. The zero-order valence-corrected chi connectivity index (χ0v) is 15.3. The van der Waals surface area contributed by atoms with E-state index in [9.17, 15) is 14.4 Å². The van der Waals surface area contributed by atoms with E-state index in [1.54, 1.807) is 23.1 Å². The van der Waals surface area contributed by atoms with E-state index in [4.69, 9.17) is 9.15 Å². The van der Waals surface area contributed by atoms with Gasteiger partial charge in [0.25, 0.3) is 5.91 Å². The molecular formula is C20H23NO5. The standard InChI is InChI=1S/C20H23NO5/c1-12-7-8-17-15(9-12)16(22)10-18(26-17)20(24)25-11-19(23)21-13(2)5-4-6-14(21)3/h7-10,13-14H,4-6,11H2,1-3H3/t13-,14-/m1/s1. The molecule has 1 aromatic heterocycles. The summed E-state index contributed by atoms with van der Waals surface area (Å²) >= 11 is 0. The molecule has 1 saturated heterocycles. The van der Waals surface area contributed by atoms with Crippen molar-refractivity contribution in [2.75, 3.05) is 6.61 Å². The summed E-state index contributed by atoms with van der Waals surface area (Å²) in [4.78, 5) is 38.6. The summed E-state index contributed by atoms with van der Waals surface area (Å²) in [6, 6.07) is 6.52. The molecule has 2 heterocycles. The normalized spacial score (nSPS) is 20.2. The SMILES string of the molecule is Cc1ccc2oc(C(=O)OCC(=O)N3[C@H](C)CCC[C@H]3C)cc(=O)c2c1. The minimum absolute atomic E-state index is 0.131. The Hall–Kier alpha value is -2.63. The Morgan fingerprint density at radius 1 is 1.19 bits per heavy atom. The first kappa shape index (κ1) is 18.2. The number of carbonyl (C=O) groups is 2. The summed E-state index contributed by atoms with van der Waals surface area (Å²) < 4.78 is 10.6. The smallest absolute Gasteiger partial charge is 0.374 e. The van der Waals surface area contributed by atoms with Gasteiger partial charge in [0.1, 0.15) is 5.58 Å². The highest BCUT2D eigenvalue weighted by atomic mass is 16.5. The van der Waals surface area contributed by atoms with Crippen LogP contribution in [0.2, 0.25) is 0 Å². The van der Waals surface area contributed by atoms with Crippen molar-refractivity contribution in [1.29, 1.82) is 0 Å². The summed E-state index contributed by atoms with van der Waals surface area (Å²) in [7, 11) is 0. The number of nitrogens with zero attached hydrogens (tertiary/aromatic N) is 1. The molecule has 0 unspecified atom stereocenters. The zero-order chi connectivity index (χ0) is 18.8. The van der Waals surface area contributed by atoms with Crippen molar-refractivity contribution in [1.82, 2.24) is 4.90 Å². The lowest BCUT2D eigenvalue weighted by Gasteiger charge is -2.38. The molecule has 1 aliphatic rings. The predicted molar refractivity (Wildman–Crippen MR) is 97.1 cm³/mol. The summed E-state index contributed by atoms with van der Waals surface area (Å²) in [5.74, 6) is -1.23. The van der Waals surface area contributed by atoms with Gasteiger partial charge >= 0.3 is 5.97 Å². The lowest BCUT2D eigenvalue weighted by molar-refractivity contribution is -0.140. The Balaban J connectivity index is 1.72. The van der Waals surface area contributed by atoms with Gasteiger partial charge in [0.15, 0.2) is 12.0 Å². The number of hydrogen-bond donors (Lipinski definition) is 0. The molecule has 1 aliphatic heterocycles. The van der Waals surface area contributed by atoms with Crippen LogP contribution >= 0.6 is 0 Å². The average molecular weight is 357 g/mol. The Bertz CT molecular complexity index is 891. The van der Waals surface area contributed by atoms with E-state index in [2.05, 4.69) is 0 Å². The van der Waals surface area contributed by atoms with Crippen molar-refractivity contribution in [3.8, 4) is 0 Å². The van der Waals surface area contributed by atoms with Gasteiger partial charge in [-0.05, 0) is 52.2 Å². The lowest BCUT2D eigenvalue weighted by Crippen LogP contribution is -2.49. The van der Waals surface area contributed by atoms with Crippen LogP contribution in [0.5, 0.6) is 0 Å². The Kier molecular flexibility index (Phi) is 5.11. The second-order valence-corrected chi connectivity index (χ2v) is 6.98. The third-order valence-corrected chi connectivity index (χ3v) is 4.89. The van der Waals surface area contributed by atoms with Crippen LogP contribution in [0.15, 0.2) is 33.5 Å². The van der Waals surface area contributed by atoms with Crippen molar-refractivity contribution in [2.24, 2.45) is 0 Å². The molecule has 0 N–H and O–H groups in total. The van der Waals surface area contributed by atoms with E-state index in [0.717, 1.165) is 30.9 Å². The van der Waals surface area contributed by atoms with Gasteiger partial charge in [-0.15, -0.1) is 0 Å². The largest absolute Gasteiger partial charge is 0.450 e. The quantitative estimate of drug-likeness (QED) is 0.789. The molecule has 3 rings (SSSR count). The second kappa shape index (κ2) is 7.32. The molecule has 6 nitrogen and oxygen atoms in total. The first-order valence-electron chi connectivity index (χ1n) is 8.89. The second-order valence-electron chi connectivity index (χ2n) is 6.98. The molecule has 1 amide bonds. The highest BCUT2D eigenvalue weighted by molar-refractivity contribution is 5.90. The topological polar surface area (TPSA) is 76.8 Å². The van der Waals surface area contributed by atoms with E-state index >= 15 is 0 Å². The molecule has 2 aromatic rings. The van der Waals surface area contributed by atoms with Crippen molar-refractivity contribution in [3.05, 3.63) is 45.8 Å². The monoisotopic (exact) mass is 357 g/mol. The van der Waals surface area contributed by atoms with Crippen molar-refractivity contribution in [3.63, 3.8) is 0 Å². The number of fused-ring (bicyclic) bond motifs is 1. The number of piperidine rings is 1. The molecule has 26 heavy (non-hydrogen) atoms. The number of likely N-dealkylation sites (tertiary alicyclic amines) is 1. The minimum Gasteiger partial charge on any atom is -0.450 e. The maximum atomic E-state index is 12.4. The highest BCUT2D eigenvalue weighted by Crippen LogP contribution is 2.22. The van der Waals surface area contributed by atoms with Crippen molar-refractivity contribution in [2.45, 2.75) is 52.1 Å². The van der Waals surface area contributed by atoms with Crippen LogP contribution in [0.1, 0.15) is 49.2 Å². The van der Waals surface area contributed by atoms with Crippen LogP contribution < -0.4 is 5.43 Å². The van der Waals surface area contributed by atoms with Crippen molar-refractivity contribution < 1.29 is 18.7 Å². The maximum Gasteiger partial charge on any atom is 0.374 e. The number of ether oxygens (including phenoxy) is 1. The van der Waals surface area contributed by atoms with E-state index in [1.165, 1.54) is 0 Å². The van der Waals surface area contributed by atoms with Crippen LogP contribution in [0.4, 0.5) is 0 Å². The first-order valence-corrected chi connectivity index (χ1v) is 8.89. The molecule has 0 bridgehead atoms. The van der Waals surface area contributed by atoms with E-state index in [1.807, 2.05) is 20.8 Å². The van der Waals surface area contributed by atoms with Gasteiger partial charge in [-0.25, -0.2) is 4.79 Å². The minimum atomic E-state index is -0.810. The third kappa shape index (κ3) is 3.64. The highest BCUT2D eigenvalue weighted by Gasteiger charge is 2.29. The first-order chi connectivity index (χ1) is 12.4. The molecule has 0 aliphatic carbocycles. The van der Waals surface area contributed by atoms with Gasteiger partial charge in [0.2, 0.25) is 5.76 Å². The lowest BCUT2D eigenvalue weighted by atomic mass is 9.97. The summed E-state index contributed by atoms with van der Waals surface area (Å²) in [6.07, 6.45) is 2.99. The van der Waals surface area contributed by atoms with E-state index in [0.29, 0.717) is 11.0 Å². The van der Waals surface area contributed by atoms with Gasteiger partial charge in [-0.1, -0.05) is 11.6 Å². The van der Waals surface area contributed by atoms with Gasteiger partial charge < -0.3 is 14.1 Å². The number of amides is 1. The third-order valence-electron chi connectivity index (χ3n) is 4.89. The van der Waals surface area contributed by atoms with Crippen molar-refractivity contribution >= 4 is 22.8 Å². The Labute approximate surface area is 151 Å². The molecule has 1 fully saturated rings. The van der Waals surface area contributed by atoms with Gasteiger partial charge in [0, 0.05) is 18.2 Å². The summed E-state index contributed by atoms with van der Waals surface area (Å²) in [6.45, 7) is 5.51. The Morgan fingerprint density at radius 3 is 2.58 bits per heavy atom. The fourth-order valence-electron chi connectivity index (χ4n) is 3.56. The Morgan fingerprint density at radius 2 is 1.88 bits per heavy atom. The number of hydrogen-bond acceptors (Lipinski definition) is 5. The summed E-state index contributed by atoms with van der Waals surface area (Å²) in [5.41, 5.74) is 0.932. The van der Waals surface area contributed by atoms with Gasteiger partial charge in [-0.3, -0.25) is 9.59 Å². The summed E-state index contributed by atoms with van der Waals surface area (Å²) in [5, 5.41) is 0.411. The molecule has 1 aromatic carbocycles. The molecular weight excluding hydrogens is 334 g/mol. The fourth-order valence-corrected chi connectivity index (χ4v) is 3.56. The van der Waals surface area contributed by atoms with E-state index < -0.39 is 5.97 Å². The molecule has 6 heteroatoms. The number of rotatable bonds is 3. The molecule has 138 valence electrons. The van der Waals surface area contributed by atoms with E-state index in [-0.39, 0.29) is 35.8 Å².